The Morgan fingerprint density at radius 1 is 1.26 bits per heavy atom. The molecule has 0 spiro atoms. The summed E-state index contributed by atoms with van der Waals surface area (Å²) in [5.74, 6) is 0.584. The molecule has 3 aromatic rings. The molecule has 3 N–H and O–H groups in total. The lowest BCUT2D eigenvalue weighted by molar-refractivity contribution is -0.119. The molecule has 1 saturated heterocycles. The van der Waals surface area contributed by atoms with Crippen molar-refractivity contribution in [2.75, 3.05) is 12.4 Å². The molecular formula is C22H28N8O2S2. The van der Waals surface area contributed by atoms with E-state index in [1.807, 2.05) is 61.1 Å². The minimum atomic E-state index is -0.229. The first kappa shape index (κ1) is 24.2. The van der Waals surface area contributed by atoms with Crippen molar-refractivity contribution in [1.29, 1.82) is 0 Å². The van der Waals surface area contributed by atoms with E-state index in [4.69, 9.17) is 17.0 Å². The summed E-state index contributed by atoms with van der Waals surface area (Å²) in [4.78, 5) is 12.4. The predicted molar refractivity (Wildman–Crippen MR) is 134 cm³/mol. The van der Waals surface area contributed by atoms with Gasteiger partial charge in [-0.25, -0.2) is 0 Å². The first-order chi connectivity index (χ1) is 16.5. The van der Waals surface area contributed by atoms with E-state index in [1.54, 1.807) is 4.68 Å². The number of hydrazine groups is 1. The van der Waals surface area contributed by atoms with Gasteiger partial charge >= 0.3 is 0 Å². The summed E-state index contributed by atoms with van der Waals surface area (Å²) in [7, 11) is 1.86. The van der Waals surface area contributed by atoms with Crippen LogP contribution >= 0.6 is 24.0 Å². The molecule has 180 valence electrons. The second-order valence-electron chi connectivity index (χ2n) is 7.99. The number of nitrogens with one attached hydrogen (secondary N) is 3. The number of rotatable bonds is 8. The summed E-state index contributed by atoms with van der Waals surface area (Å²) in [6, 6.07) is 11.8. The second kappa shape index (κ2) is 11.4. The number of hydrogen-bond acceptors (Lipinski definition) is 7. The van der Waals surface area contributed by atoms with Crippen molar-refractivity contribution < 1.29 is 9.53 Å². The van der Waals surface area contributed by atoms with E-state index < -0.39 is 0 Å². The summed E-state index contributed by atoms with van der Waals surface area (Å²) in [6.45, 7) is 3.38. The first-order valence-corrected chi connectivity index (χ1v) is 12.5. The Bertz CT molecular complexity index is 1110. The maximum absolute atomic E-state index is 12.4. The molecule has 2 aromatic heterocycles. The summed E-state index contributed by atoms with van der Waals surface area (Å²) < 4.78 is 9.52. The Balaban J connectivity index is 1.32. The number of hydrogen-bond donors (Lipinski definition) is 3. The van der Waals surface area contributed by atoms with Crippen molar-refractivity contribution in [2.45, 2.75) is 43.6 Å². The maximum atomic E-state index is 12.4. The topological polar surface area (TPSA) is 111 Å². The number of nitrogens with zero attached hydrogens (tertiary/aromatic N) is 5. The van der Waals surface area contributed by atoms with Crippen LogP contribution in [-0.2, 0) is 23.1 Å². The predicted octanol–water partition coefficient (Wildman–Crippen LogP) is 2.21. The van der Waals surface area contributed by atoms with Crippen LogP contribution in [0.15, 0.2) is 47.8 Å². The van der Waals surface area contributed by atoms with E-state index in [-0.39, 0.29) is 23.8 Å². The van der Waals surface area contributed by atoms with Gasteiger partial charge in [-0.15, -0.1) is 10.2 Å². The Morgan fingerprint density at radius 2 is 2.09 bits per heavy atom. The summed E-state index contributed by atoms with van der Waals surface area (Å²) in [5, 5.41) is 17.2. The highest BCUT2D eigenvalue weighted by Crippen LogP contribution is 2.25. The molecule has 1 aliphatic heterocycles. The van der Waals surface area contributed by atoms with Gasteiger partial charge in [0.05, 0.1) is 24.4 Å². The Labute approximate surface area is 207 Å². The van der Waals surface area contributed by atoms with Gasteiger partial charge in [-0.3, -0.25) is 24.9 Å². The van der Waals surface area contributed by atoms with Gasteiger partial charge in [0, 0.05) is 19.9 Å². The van der Waals surface area contributed by atoms with E-state index in [0.29, 0.717) is 22.6 Å². The van der Waals surface area contributed by atoms with Crippen molar-refractivity contribution in [2.24, 2.45) is 7.05 Å². The van der Waals surface area contributed by atoms with Crippen molar-refractivity contribution in [1.82, 2.24) is 40.7 Å². The number of thioether (sulfide) groups is 1. The van der Waals surface area contributed by atoms with Crippen LogP contribution in [0.25, 0.3) is 11.5 Å². The third-order valence-corrected chi connectivity index (χ3v) is 6.55. The molecule has 34 heavy (non-hydrogen) atoms. The molecule has 3 heterocycles. The van der Waals surface area contributed by atoms with Gasteiger partial charge in [0.25, 0.3) is 0 Å². The molecule has 4 rings (SSSR count). The highest BCUT2D eigenvalue weighted by molar-refractivity contribution is 7.99. The molecule has 12 heteroatoms. The quantitative estimate of drug-likeness (QED) is 0.243. The minimum Gasteiger partial charge on any atom is -0.376 e. The number of thiocarbonyl (C=S) groups is 1. The van der Waals surface area contributed by atoms with Crippen LogP contribution in [0.5, 0.6) is 0 Å². The van der Waals surface area contributed by atoms with Crippen LogP contribution in [0.2, 0.25) is 0 Å². The molecule has 1 aromatic carbocycles. The van der Waals surface area contributed by atoms with Gasteiger partial charge in [0.15, 0.2) is 16.1 Å². The summed E-state index contributed by atoms with van der Waals surface area (Å²) in [6.07, 6.45) is 3.99. The lowest BCUT2D eigenvalue weighted by Gasteiger charge is -2.17. The Hall–Kier alpha value is -2.96. The van der Waals surface area contributed by atoms with E-state index in [2.05, 4.69) is 31.5 Å². The first-order valence-electron chi connectivity index (χ1n) is 11.1. The molecule has 0 bridgehead atoms. The van der Waals surface area contributed by atoms with Crippen LogP contribution in [0, 0.1) is 0 Å². The number of aryl methyl sites for hydroxylation is 1. The van der Waals surface area contributed by atoms with Gasteiger partial charge in [0.2, 0.25) is 5.91 Å². The Kier molecular flexibility index (Phi) is 8.14. The van der Waals surface area contributed by atoms with Crippen molar-refractivity contribution in [3.05, 3.63) is 48.2 Å². The largest absolute Gasteiger partial charge is 0.376 e. The van der Waals surface area contributed by atoms with Gasteiger partial charge in [-0.2, -0.15) is 5.10 Å². The second-order valence-corrected chi connectivity index (χ2v) is 9.34. The number of carbonyl (C=O) groups is 1. The van der Waals surface area contributed by atoms with E-state index in [1.165, 1.54) is 11.8 Å². The molecule has 2 atom stereocenters. The van der Waals surface area contributed by atoms with Gasteiger partial charge in [-0.05, 0) is 43.6 Å². The lowest BCUT2D eigenvalue weighted by atomic mass is 10.1. The third kappa shape index (κ3) is 6.33. The molecule has 1 aliphatic rings. The van der Waals surface area contributed by atoms with Crippen LogP contribution < -0.4 is 16.2 Å². The van der Waals surface area contributed by atoms with Crippen molar-refractivity contribution in [3.63, 3.8) is 0 Å². The maximum Gasteiger partial charge on any atom is 0.248 e. The van der Waals surface area contributed by atoms with Crippen LogP contribution in [-0.4, -0.2) is 54.0 Å². The van der Waals surface area contributed by atoms with E-state index in [0.717, 1.165) is 30.7 Å². The average molecular weight is 501 g/mol. The monoisotopic (exact) mass is 500 g/mol. The third-order valence-electron chi connectivity index (χ3n) is 5.36. The van der Waals surface area contributed by atoms with Crippen molar-refractivity contribution >= 4 is 35.0 Å². The van der Waals surface area contributed by atoms with Gasteiger partial charge < -0.3 is 10.1 Å². The average Bonchev–Trinajstić information content (AvgIpc) is 3.59. The van der Waals surface area contributed by atoms with Crippen molar-refractivity contribution in [3.8, 4) is 11.5 Å². The molecule has 0 saturated carbocycles. The fourth-order valence-electron chi connectivity index (χ4n) is 3.63. The molecule has 0 aliphatic carbocycles. The van der Waals surface area contributed by atoms with Crippen LogP contribution in [0.3, 0.4) is 0 Å². The highest BCUT2D eigenvalue weighted by Gasteiger charge is 2.23. The SMILES string of the molecule is C[C@H](NC(=S)NNC(=O)CSc1nnc(-c2ccn(C)n2)n1C[C@@H]1CCCO1)c1ccccc1. The fourth-order valence-corrected chi connectivity index (χ4v) is 4.60. The molecule has 0 radical (unpaired) electrons. The smallest absolute Gasteiger partial charge is 0.248 e. The van der Waals surface area contributed by atoms with Gasteiger partial charge in [-0.1, -0.05) is 42.1 Å². The number of amides is 1. The Morgan fingerprint density at radius 3 is 2.79 bits per heavy atom. The van der Waals surface area contributed by atoms with E-state index in [9.17, 15) is 4.79 Å². The number of benzene rings is 1. The molecule has 1 amide bonds. The molecular weight excluding hydrogens is 472 g/mol. The van der Waals surface area contributed by atoms with Crippen LogP contribution in [0.4, 0.5) is 0 Å². The fraction of sp³-hybridized carbons (Fsp3) is 0.409. The van der Waals surface area contributed by atoms with E-state index >= 15 is 0 Å². The summed E-state index contributed by atoms with van der Waals surface area (Å²) >= 11 is 6.60. The number of ether oxygens (including phenoxy) is 1. The zero-order valence-corrected chi connectivity index (χ0v) is 20.7. The molecule has 10 nitrogen and oxygen atoms in total. The molecule has 0 unspecified atom stereocenters. The standard InChI is InChI=1S/C22H28N8O2S2/c1-15(16-7-4-3-5-8-16)23-21(33)26-24-19(31)14-34-22-27-25-20(18-10-11-29(2)28-18)30(22)13-17-9-6-12-32-17/h3-5,7-8,10-11,15,17H,6,9,12-14H2,1-2H3,(H,24,31)(H2,23,26,33)/t15-,17-/m0/s1. The zero-order valence-electron chi connectivity index (χ0n) is 19.1. The molecule has 1 fully saturated rings. The normalized spacial score (nSPS) is 16.2. The minimum absolute atomic E-state index is 0.00820. The number of aromatic nitrogens is 5. The van der Waals surface area contributed by atoms with Gasteiger partial charge in [0.1, 0.15) is 5.69 Å². The number of carbonyl (C=O) groups excluding carboxylic acids is 1. The lowest BCUT2D eigenvalue weighted by Crippen LogP contribution is -2.47. The van der Waals surface area contributed by atoms with Crippen LogP contribution in [0.1, 0.15) is 31.4 Å². The summed E-state index contributed by atoms with van der Waals surface area (Å²) in [5.41, 5.74) is 7.22. The zero-order chi connectivity index (χ0) is 23.9. The highest BCUT2D eigenvalue weighted by atomic mass is 32.2.